The van der Waals surface area contributed by atoms with E-state index in [4.69, 9.17) is 0 Å². The average Bonchev–Trinajstić information content (AvgIpc) is 3.16. The van der Waals surface area contributed by atoms with Crippen molar-refractivity contribution < 1.29 is 13.6 Å². The van der Waals surface area contributed by atoms with Gasteiger partial charge in [-0.05, 0) is 42.2 Å². The van der Waals surface area contributed by atoms with Gasteiger partial charge in [0.05, 0.1) is 5.56 Å². The molecule has 0 bridgehead atoms. The molecule has 1 heterocycles. The number of hydrogen-bond donors (Lipinski definition) is 0. The first-order valence-electron chi connectivity index (χ1n) is 11.5. The minimum absolute atomic E-state index is 0.00553. The van der Waals surface area contributed by atoms with Crippen molar-refractivity contribution in [1.82, 2.24) is 4.57 Å². The smallest absolute Gasteiger partial charge is 0.166 e. The van der Waals surface area contributed by atoms with Crippen LogP contribution < -0.4 is 4.90 Å². The zero-order valence-electron chi connectivity index (χ0n) is 19.7. The van der Waals surface area contributed by atoms with Crippen LogP contribution in [0, 0.1) is 11.6 Å². The molecule has 0 spiro atoms. The molecule has 0 N–H and O–H groups in total. The third kappa shape index (κ3) is 6.41. The Bertz CT molecular complexity index is 1100. The Morgan fingerprint density at radius 2 is 1.73 bits per heavy atom. The number of Topliss-reactive ketones (excluding diaryl/α,β-unsaturated/α-hetero) is 1. The van der Waals surface area contributed by atoms with Crippen LogP contribution in [-0.2, 0) is 19.4 Å². The minimum atomic E-state index is -0.885. The zero-order chi connectivity index (χ0) is 23.8. The number of nitrogens with zero attached hydrogens (tertiary/aromatic N) is 2. The van der Waals surface area contributed by atoms with Crippen LogP contribution >= 0.6 is 0 Å². The van der Waals surface area contributed by atoms with Crippen LogP contribution in [0.5, 0.6) is 0 Å². The number of allylic oxidation sites excluding steroid dienone is 2. The van der Waals surface area contributed by atoms with Crippen molar-refractivity contribution in [3.8, 4) is 0 Å². The van der Waals surface area contributed by atoms with Crippen LogP contribution in [0.2, 0.25) is 0 Å². The predicted octanol–water partition coefficient (Wildman–Crippen LogP) is 6.59. The molecule has 3 nitrogen and oxygen atoms in total. The number of aryl methyl sites for hydroxylation is 1. The summed E-state index contributed by atoms with van der Waals surface area (Å²) < 4.78 is 29.0. The molecule has 0 aliphatic carbocycles. The SMILES string of the molecule is CCC/C=C/Cc1cc(C(=O)CCc2ccc(F)c(F)c2)c(N(C)C)n1Cc1ccccc1. The molecule has 3 rings (SSSR count). The Balaban J connectivity index is 1.91. The summed E-state index contributed by atoms with van der Waals surface area (Å²) in [7, 11) is 3.89. The molecular weight excluding hydrogens is 418 g/mol. The van der Waals surface area contributed by atoms with Crippen molar-refractivity contribution in [2.24, 2.45) is 0 Å². The maximum absolute atomic E-state index is 13.6. The summed E-state index contributed by atoms with van der Waals surface area (Å²) in [5, 5.41) is 0. The number of hydrogen-bond acceptors (Lipinski definition) is 2. The number of carbonyl (C=O) groups is 1. The largest absolute Gasteiger partial charge is 0.364 e. The monoisotopic (exact) mass is 450 g/mol. The van der Waals surface area contributed by atoms with Gasteiger partial charge in [0.15, 0.2) is 17.4 Å². The van der Waals surface area contributed by atoms with Crippen LogP contribution in [0.4, 0.5) is 14.6 Å². The normalized spacial score (nSPS) is 11.3. The summed E-state index contributed by atoms with van der Waals surface area (Å²) >= 11 is 0. The van der Waals surface area contributed by atoms with Gasteiger partial charge in [-0.25, -0.2) is 8.78 Å². The second-order valence-electron chi connectivity index (χ2n) is 8.47. The number of aromatic nitrogens is 1. The number of ketones is 1. The van der Waals surface area contributed by atoms with Gasteiger partial charge in [0.25, 0.3) is 0 Å². The Kier molecular flexibility index (Phi) is 8.58. The Morgan fingerprint density at radius 1 is 0.970 bits per heavy atom. The van der Waals surface area contributed by atoms with Crippen molar-refractivity contribution in [3.63, 3.8) is 0 Å². The van der Waals surface area contributed by atoms with E-state index in [1.807, 2.05) is 43.3 Å². The Labute approximate surface area is 195 Å². The highest BCUT2D eigenvalue weighted by molar-refractivity contribution is 6.01. The lowest BCUT2D eigenvalue weighted by molar-refractivity contribution is 0.0983. The molecule has 0 unspecified atom stereocenters. The first-order valence-corrected chi connectivity index (χ1v) is 11.5. The first kappa shape index (κ1) is 24.4. The number of carbonyl (C=O) groups excluding carboxylic acids is 1. The fourth-order valence-corrected chi connectivity index (χ4v) is 3.97. The third-order valence-electron chi connectivity index (χ3n) is 5.64. The molecule has 0 atom stereocenters. The summed E-state index contributed by atoms with van der Waals surface area (Å²) in [5.41, 5.74) is 3.51. The number of anilines is 1. The van der Waals surface area contributed by atoms with Gasteiger partial charge in [0.2, 0.25) is 0 Å². The van der Waals surface area contributed by atoms with E-state index in [2.05, 4.69) is 35.8 Å². The van der Waals surface area contributed by atoms with E-state index >= 15 is 0 Å². The molecule has 0 aliphatic rings. The van der Waals surface area contributed by atoms with Crippen LogP contribution in [0.3, 0.4) is 0 Å². The van der Waals surface area contributed by atoms with Crippen molar-refractivity contribution in [1.29, 1.82) is 0 Å². The van der Waals surface area contributed by atoms with E-state index in [0.717, 1.165) is 42.4 Å². The Hall–Kier alpha value is -3.21. The molecule has 0 amide bonds. The molecule has 5 heteroatoms. The third-order valence-corrected chi connectivity index (χ3v) is 5.64. The second-order valence-corrected chi connectivity index (χ2v) is 8.47. The number of unbranched alkanes of at least 4 members (excludes halogenated alkanes) is 1. The van der Waals surface area contributed by atoms with E-state index in [-0.39, 0.29) is 12.2 Å². The fourth-order valence-electron chi connectivity index (χ4n) is 3.97. The topological polar surface area (TPSA) is 25.2 Å². The van der Waals surface area contributed by atoms with E-state index < -0.39 is 11.6 Å². The molecule has 0 radical (unpaired) electrons. The van der Waals surface area contributed by atoms with Crippen LogP contribution in [0.15, 0.2) is 66.7 Å². The first-order chi connectivity index (χ1) is 15.9. The maximum Gasteiger partial charge on any atom is 0.166 e. The number of rotatable bonds is 11. The summed E-state index contributed by atoms with van der Waals surface area (Å²) in [6, 6.07) is 16.0. The summed E-state index contributed by atoms with van der Waals surface area (Å²) in [6.07, 6.45) is 7.79. The summed E-state index contributed by atoms with van der Waals surface area (Å²) in [6.45, 7) is 2.82. The van der Waals surface area contributed by atoms with Crippen molar-refractivity contribution in [2.45, 2.75) is 45.6 Å². The minimum Gasteiger partial charge on any atom is -0.364 e. The quantitative estimate of drug-likeness (QED) is 0.243. The Morgan fingerprint density at radius 3 is 2.39 bits per heavy atom. The lowest BCUT2D eigenvalue weighted by atomic mass is 10.0. The lowest BCUT2D eigenvalue weighted by Gasteiger charge is -2.20. The van der Waals surface area contributed by atoms with Crippen LogP contribution in [-0.4, -0.2) is 24.4 Å². The second kappa shape index (κ2) is 11.6. The molecule has 3 aromatic rings. The maximum atomic E-state index is 13.6. The number of halogens is 2. The highest BCUT2D eigenvalue weighted by atomic mass is 19.2. The van der Waals surface area contributed by atoms with Gasteiger partial charge in [0, 0.05) is 39.2 Å². The summed E-state index contributed by atoms with van der Waals surface area (Å²) in [5.74, 6) is -0.898. The molecular formula is C28H32F2N2O. The lowest BCUT2D eigenvalue weighted by Crippen LogP contribution is -2.19. The van der Waals surface area contributed by atoms with E-state index in [1.54, 1.807) is 0 Å². The van der Waals surface area contributed by atoms with E-state index in [9.17, 15) is 13.6 Å². The fraction of sp³-hybridized carbons (Fsp3) is 0.321. The molecule has 2 aromatic carbocycles. The van der Waals surface area contributed by atoms with Gasteiger partial charge in [-0.3, -0.25) is 4.79 Å². The molecule has 174 valence electrons. The van der Waals surface area contributed by atoms with Crippen molar-refractivity contribution in [3.05, 3.63) is 101 Å². The molecule has 1 aromatic heterocycles. The van der Waals surface area contributed by atoms with Gasteiger partial charge < -0.3 is 9.47 Å². The van der Waals surface area contributed by atoms with Crippen molar-refractivity contribution in [2.75, 3.05) is 19.0 Å². The molecule has 0 aliphatic heterocycles. The van der Waals surface area contributed by atoms with Crippen LogP contribution in [0.25, 0.3) is 0 Å². The highest BCUT2D eigenvalue weighted by Gasteiger charge is 2.21. The molecule has 33 heavy (non-hydrogen) atoms. The molecule has 0 fully saturated rings. The van der Waals surface area contributed by atoms with Gasteiger partial charge in [0.1, 0.15) is 5.82 Å². The standard InChI is InChI=1S/C28H32F2N2O/c1-4-5-6-10-13-23-19-24(27(33)17-15-21-14-16-25(29)26(30)18-21)28(31(2)3)32(23)20-22-11-8-7-9-12-22/h6-12,14,16,18-19H,4-5,13,15,17,20H2,1-3H3/b10-6+. The predicted molar refractivity (Wildman–Crippen MR) is 131 cm³/mol. The molecule has 0 saturated carbocycles. The van der Waals surface area contributed by atoms with Crippen molar-refractivity contribution >= 4 is 11.6 Å². The van der Waals surface area contributed by atoms with Gasteiger partial charge in [-0.15, -0.1) is 0 Å². The van der Waals surface area contributed by atoms with Gasteiger partial charge in [-0.1, -0.05) is 61.9 Å². The average molecular weight is 451 g/mol. The zero-order valence-corrected chi connectivity index (χ0v) is 19.7. The van der Waals surface area contributed by atoms with E-state index in [1.165, 1.54) is 12.1 Å². The van der Waals surface area contributed by atoms with Gasteiger partial charge in [-0.2, -0.15) is 0 Å². The molecule has 0 saturated heterocycles. The summed E-state index contributed by atoms with van der Waals surface area (Å²) in [4.78, 5) is 15.2. The number of benzene rings is 2. The highest BCUT2D eigenvalue weighted by Crippen LogP contribution is 2.28. The van der Waals surface area contributed by atoms with Crippen LogP contribution in [0.1, 0.15) is 53.4 Å². The van der Waals surface area contributed by atoms with Gasteiger partial charge >= 0.3 is 0 Å². The van der Waals surface area contributed by atoms with E-state index in [0.29, 0.717) is 24.1 Å².